The molecule has 0 radical (unpaired) electrons. The zero-order chi connectivity index (χ0) is 9.14. The molecule has 0 spiro atoms. The summed E-state index contributed by atoms with van der Waals surface area (Å²) in [7, 11) is 0. The van der Waals surface area contributed by atoms with Crippen LogP contribution >= 0.6 is 0 Å². The highest BCUT2D eigenvalue weighted by atomic mass is 19.1. The molecule has 62 valence electrons. The summed E-state index contributed by atoms with van der Waals surface area (Å²) in [5.74, 6) is -1.59. The van der Waals surface area contributed by atoms with Crippen molar-refractivity contribution in [2.45, 2.75) is 0 Å². The van der Waals surface area contributed by atoms with E-state index in [0.717, 1.165) is 0 Å². The Morgan fingerprint density at radius 3 is 2.00 bits per heavy atom. The summed E-state index contributed by atoms with van der Waals surface area (Å²) in [6, 6.07) is 5.43. The molecule has 0 fully saturated rings. The first-order chi connectivity index (χ1) is 5.61. The van der Waals surface area contributed by atoms with E-state index in [1.807, 2.05) is 0 Å². The largest absolute Gasteiger partial charge is 0.478 e. The molecule has 1 aromatic carbocycles. The second kappa shape index (κ2) is 3.17. The van der Waals surface area contributed by atoms with Gasteiger partial charge in [0.15, 0.2) is 0 Å². The van der Waals surface area contributed by atoms with Gasteiger partial charge in [-0.05, 0) is 12.1 Å². The van der Waals surface area contributed by atoms with Crippen LogP contribution in [-0.2, 0) is 0 Å². The molecule has 12 heavy (non-hydrogen) atoms. The maximum Gasteiger partial charge on any atom is 0.335 e. The van der Waals surface area contributed by atoms with Gasteiger partial charge in [-0.2, -0.15) is 0 Å². The fraction of sp³-hybridized carbons (Fsp3) is 0. The molecule has 0 heterocycles. The van der Waals surface area contributed by atoms with Crippen LogP contribution in [0.4, 0.5) is 4.39 Å². The minimum absolute atomic E-state index is 0.139. The Bertz CT molecular complexity index is 281. The van der Waals surface area contributed by atoms with Gasteiger partial charge in [0, 0.05) is 5.56 Å². The van der Waals surface area contributed by atoms with Crippen LogP contribution in [-0.4, -0.2) is 11.1 Å². The number of hydrogen-bond acceptors (Lipinski definition) is 1. The Morgan fingerprint density at radius 1 is 1.25 bits per heavy atom. The van der Waals surface area contributed by atoms with E-state index in [4.69, 9.17) is 5.11 Å². The fourth-order valence-corrected chi connectivity index (χ4v) is 0.794. The first-order valence-electron chi connectivity index (χ1n) is 3.29. The lowest BCUT2D eigenvalue weighted by molar-refractivity contribution is 0.0697. The van der Waals surface area contributed by atoms with Crippen LogP contribution in [0.15, 0.2) is 30.8 Å². The minimum atomic E-state index is -1.02. The highest BCUT2D eigenvalue weighted by Gasteiger charge is 2.02. The zero-order valence-electron chi connectivity index (χ0n) is 6.25. The molecule has 0 amide bonds. The number of hydrogen-bond donors (Lipinski definition) is 1. The zero-order valence-corrected chi connectivity index (χ0v) is 6.25. The summed E-state index contributed by atoms with van der Waals surface area (Å²) >= 11 is 0. The summed E-state index contributed by atoms with van der Waals surface area (Å²) in [4.78, 5) is 10.4. The maximum atomic E-state index is 12.4. The molecule has 3 heteroatoms. The maximum absolute atomic E-state index is 12.4. The predicted molar refractivity (Wildman–Crippen MR) is 43.5 cm³/mol. The van der Waals surface area contributed by atoms with Crippen molar-refractivity contribution in [3.63, 3.8) is 0 Å². The van der Waals surface area contributed by atoms with Crippen molar-refractivity contribution >= 4 is 11.8 Å². The quantitative estimate of drug-likeness (QED) is 0.732. The first kappa shape index (κ1) is 8.46. The molecule has 1 aromatic rings. The van der Waals surface area contributed by atoms with Gasteiger partial charge in [-0.1, -0.05) is 18.7 Å². The van der Waals surface area contributed by atoms with Crippen molar-refractivity contribution in [1.29, 1.82) is 0 Å². The van der Waals surface area contributed by atoms with Crippen LogP contribution in [0.5, 0.6) is 0 Å². The highest BCUT2D eigenvalue weighted by Crippen LogP contribution is 2.13. The lowest BCUT2D eigenvalue weighted by Gasteiger charge is -1.96. The van der Waals surface area contributed by atoms with E-state index in [1.54, 1.807) is 0 Å². The molecular formula is C9H7FO2. The molecule has 0 aromatic heterocycles. The van der Waals surface area contributed by atoms with Gasteiger partial charge < -0.3 is 5.11 Å². The summed E-state index contributed by atoms with van der Waals surface area (Å²) in [5.41, 5.74) is 0.444. The van der Waals surface area contributed by atoms with Crippen LogP contribution in [0.3, 0.4) is 0 Å². The van der Waals surface area contributed by atoms with E-state index in [-0.39, 0.29) is 5.56 Å². The van der Waals surface area contributed by atoms with Gasteiger partial charge in [-0.25, -0.2) is 9.18 Å². The summed E-state index contributed by atoms with van der Waals surface area (Å²) in [5, 5.41) is 8.50. The second-order valence-corrected chi connectivity index (χ2v) is 2.29. The third-order valence-corrected chi connectivity index (χ3v) is 1.45. The lowest BCUT2D eigenvalue weighted by atomic mass is 10.1. The molecule has 0 atom stereocenters. The Labute approximate surface area is 69.0 Å². The lowest BCUT2D eigenvalue weighted by Crippen LogP contribution is -1.95. The van der Waals surface area contributed by atoms with Gasteiger partial charge in [0.25, 0.3) is 0 Å². The number of carboxylic acids is 1. The van der Waals surface area contributed by atoms with Crippen LogP contribution in [0.25, 0.3) is 5.83 Å². The van der Waals surface area contributed by atoms with Gasteiger partial charge in [-0.3, -0.25) is 0 Å². The van der Waals surface area contributed by atoms with Crippen LogP contribution in [0.1, 0.15) is 15.9 Å². The van der Waals surface area contributed by atoms with Crippen LogP contribution in [0.2, 0.25) is 0 Å². The normalized spacial score (nSPS) is 9.42. The monoisotopic (exact) mass is 166 g/mol. The molecule has 0 aliphatic heterocycles. The molecular weight excluding hydrogens is 159 g/mol. The van der Waals surface area contributed by atoms with E-state index < -0.39 is 11.8 Å². The standard InChI is InChI=1S/C9H7FO2/c1-6(10)7-2-4-8(5-3-7)9(11)12/h2-5H,1H2,(H,11,12). The SMILES string of the molecule is C=C(F)c1ccc(C(=O)O)cc1. The van der Waals surface area contributed by atoms with Crippen molar-refractivity contribution in [1.82, 2.24) is 0 Å². The number of rotatable bonds is 2. The molecule has 0 saturated carbocycles. The van der Waals surface area contributed by atoms with Crippen molar-refractivity contribution < 1.29 is 14.3 Å². The van der Waals surface area contributed by atoms with Crippen molar-refractivity contribution in [2.75, 3.05) is 0 Å². The van der Waals surface area contributed by atoms with Gasteiger partial charge in [0.1, 0.15) is 5.83 Å². The minimum Gasteiger partial charge on any atom is -0.478 e. The smallest absolute Gasteiger partial charge is 0.335 e. The molecule has 0 aliphatic rings. The summed E-state index contributed by atoms with van der Waals surface area (Å²) < 4.78 is 12.4. The fourth-order valence-electron chi connectivity index (χ4n) is 0.794. The number of carbonyl (C=O) groups is 1. The van der Waals surface area contributed by atoms with Crippen molar-refractivity contribution in [3.8, 4) is 0 Å². The van der Waals surface area contributed by atoms with Gasteiger partial charge in [-0.15, -0.1) is 0 Å². The molecule has 0 aliphatic carbocycles. The Balaban J connectivity index is 3.01. The predicted octanol–water partition coefficient (Wildman–Crippen LogP) is 2.33. The van der Waals surface area contributed by atoms with Gasteiger partial charge >= 0.3 is 5.97 Å². The van der Waals surface area contributed by atoms with Gasteiger partial charge in [0.05, 0.1) is 5.56 Å². The first-order valence-corrected chi connectivity index (χ1v) is 3.29. The van der Waals surface area contributed by atoms with Crippen LogP contribution < -0.4 is 0 Å². The molecule has 1 N–H and O–H groups in total. The van der Waals surface area contributed by atoms with E-state index in [0.29, 0.717) is 5.56 Å². The highest BCUT2D eigenvalue weighted by molar-refractivity contribution is 5.87. The Kier molecular flexibility index (Phi) is 2.24. The number of halogens is 1. The van der Waals surface area contributed by atoms with E-state index in [9.17, 15) is 9.18 Å². The van der Waals surface area contributed by atoms with Crippen molar-refractivity contribution in [3.05, 3.63) is 42.0 Å². The Morgan fingerprint density at radius 2 is 1.67 bits per heavy atom. The average molecular weight is 166 g/mol. The van der Waals surface area contributed by atoms with E-state index >= 15 is 0 Å². The number of carboxylic acid groups (broad SMARTS) is 1. The van der Waals surface area contributed by atoms with Crippen molar-refractivity contribution in [2.24, 2.45) is 0 Å². The number of aromatic carboxylic acids is 1. The molecule has 0 bridgehead atoms. The molecule has 1 rings (SSSR count). The third kappa shape index (κ3) is 1.69. The summed E-state index contributed by atoms with van der Waals surface area (Å²) in [6.45, 7) is 3.09. The molecule has 0 saturated heterocycles. The molecule has 2 nitrogen and oxygen atoms in total. The topological polar surface area (TPSA) is 37.3 Å². The molecule has 0 unspecified atom stereocenters. The summed E-state index contributed by atoms with van der Waals surface area (Å²) in [6.07, 6.45) is 0. The van der Waals surface area contributed by atoms with E-state index in [1.165, 1.54) is 24.3 Å². The van der Waals surface area contributed by atoms with Crippen LogP contribution in [0, 0.1) is 0 Å². The second-order valence-electron chi connectivity index (χ2n) is 2.29. The Hall–Kier alpha value is -1.64. The van der Waals surface area contributed by atoms with E-state index in [2.05, 4.69) is 6.58 Å². The van der Waals surface area contributed by atoms with Gasteiger partial charge in [0.2, 0.25) is 0 Å². The average Bonchev–Trinajstić information content (AvgIpc) is 2.04. The number of benzene rings is 1. The third-order valence-electron chi connectivity index (χ3n) is 1.45.